The smallest absolute Gasteiger partial charge is 0.397 e. The van der Waals surface area contributed by atoms with E-state index in [0.29, 0.717) is 36.9 Å². The molecule has 0 unspecified atom stereocenters. The number of benzene rings is 2. The Morgan fingerprint density at radius 2 is 1.39 bits per heavy atom. The van der Waals surface area contributed by atoms with Crippen LogP contribution in [0.15, 0.2) is 54.7 Å². The standard InChI is InChI=1S/C47H69N6O10P/c1-31-15-20-37-34(27-31)21-26-53(37)25-14-24-49-39(55)36(29-38(48)54)51-43(59)47(22-12-11-13-23-47)52-40(56)35(50-41(57)42(58)61-44(2,3)4)28-32-16-18-33(19-17-32)30-64(60,62-45(5,6)7)63-46(8,9)10/h15-21,26-27,35-36H,11-14,22-25,28-30H2,1-10H3,(H2,48,54)(H,49,55)(H,50,57)(H,51,59)(H,52,56)/t35-,36-/m0/s1. The summed E-state index contributed by atoms with van der Waals surface area (Å²) in [7, 11) is -3.64. The zero-order chi connectivity index (χ0) is 47.7. The van der Waals surface area contributed by atoms with Gasteiger partial charge in [0.1, 0.15) is 23.2 Å². The van der Waals surface area contributed by atoms with E-state index < -0.39 is 83.9 Å². The minimum atomic E-state index is -3.64. The second kappa shape index (κ2) is 21.3. The van der Waals surface area contributed by atoms with Crippen molar-refractivity contribution in [3.63, 3.8) is 0 Å². The lowest BCUT2D eigenvalue weighted by Gasteiger charge is -2.38. The number of nitrogens with two attached hydrogens (primary N) is 1. The van der Waals surface area contributed by atoms with Gasteiger partial charge < -0.3 is 45.4 Å². The number of rotatable bonds is 18. The first kappa shape index (κ1) is 51.6. The highest BCUT2D eigenvalue weighted by Crippen LogP contribution is 2.57. The Morgan fingerprint density at radius 1 is 0.781 bits per heavy atom. The topological polar surface area (TPSA) is 226 Å². The van der Waals surface area contributed by atoms with Crippen molar-refractivity contribution >= 4 is 54.0 Å². The summed E-state index contributed by atoms with van der Waals surface area (Å²) in [6.07, 6.45) is 4.24. The van der Waals surface area contributed by atoms with E-state index in [4.69, 9.17) is 19.5 Å². The van der Waals surface area contributed by atoms with E-state index in [2.05, 4.69) is 31.9 Å². The summed E-state index contributed by atoms with van der Waals surface area (Å²) in [6.45, 7) is 18.5. The van der Waals surface area contributed by atoms with Crippen LogP contribution in [0.5, 0.6) is 0 Å². The van der Waals surface area contributed by atoms with Crippen molar-refractivity contribution in [1.29, 1.82) is 0 Å². The predicted molar refractivity (Wildman–Crippen MR) is 245 cm³/mol. The summed E-state index contributed by atoms with van der Waals surface area (Å²) < 4.78 is 33.2. The average Bonchev–Trinajstić information content (AvgIpc) is 3.55. The minimum Gasteiger partial charge on any atom is -0.453 e. The molecule has 17 heteroatoms. The highest BCUT2D eigenvalue weighted by atomic mass is 31.2. The van der Waals surface area contributed by atoms with Gasteiger partial charge in [-0.15, -0.1) is 0 Å². The molecule has 0 bridgehead atoms. The summed E-state index contributed by atoms with van der Waals surface area (Å²) in [6, 6.07) is 12.4. The van der Waals surface area contributed by atoms with E-state index in [1.54, 1.807) is 86.6 Å². The molecule has 2 atom stereocenters. The number of ether oxygens (including phenoxy) is 1. The lowest BCUT2D eigenvalue weighted by molar-refractivity contribution is -0.163. The van der Waals surface area contributed by atoms with E-state index in [1.165, 1.54) is 0 Å². The van der Waals surface area contributed by atoms with Gasteiger partial charge in [0.2, 0.25) is 23.6 Å². The molecule has 6 N–H and O–H groups in total. The van der Waals surface area contributed by atoms with Crippen LogP contribution in [-0.2, 0) is 66.2 Å². The van der Waals surface area contributed by atoms with E-state index in [0.717, 1.165) is 22.9 Å². The third-order valence-corrected chi connectivity index (χ3v) is 12.6. The van der Waals surface area contributed by atoms with E-state index >= 15 is 0 Å². The van der Waals surface area contributed by atoms with Gasteiger partial charge in [0.15, 0.2) is 0 Å². The van der Waals surface area contributed by atoms with Crippen molar-refractivity contribution in [2.24, 2.45) is 5.73 Å². The Labute approximate surface area is 377 Å². The molecule has 0 saturated heterocycles. The first-order valence-corrected chi connectivity index (χ1v) is 23.7. The van der Waals surface area contributed by atoms with Crippen LogP contribution in [0.25, 0.3) is 10.9 Å². The maximum absolute atomic E-state index is 14.4. The van der Waals surface area contributed by atoms with E-state index in [9.17, 15) is 33.3 Å². The molecule has 1 aromatic heterocycles. The fraction of sp³-hybridized carbons (Fsp3) is 0.574. The van der Waals surface area contributed by atoms with Crippen LogP contribution in [0.1, 0.15) is 124 Å². The zero-order valence-electron chi connectivity index (χ0n) is 39.2. The molecule has 352 valence electrons. The van der Waals surface area contributed by atoms with Crippen molar-refractivity contribution in [1.82, 2.24) is 25.8 Å². The maximum atomic E-state index is 14.4. The number of esters is 1. The average molecular weight is 909 g/mol. The summed E-state index contributed by atoms with van der Waals surface area (Å²) in [5.74, 6) is -5.21. The van der Waals surface area contributed by atoms with Crippen molar-refractivity contribution in [2.45, 2.75) is 168 Å². The lowest BCUT2D eigenvalue weighted by atomic mass is 9.80. The molecular formula is C47H69N6O10P. The first-order chi connectivity index (χ1) is 29.6. The van der Waals surface area contributed by atoms with Crippen LogP contribution in [0, 0.1) is 6.92 Å². The molecule has 64 heavy (non-hydrogen) atoms. The molecule has 1 heterocycles. The monoisotopic (exact) mass is 908 g/mol. The van der Waals surface area contributed by atoms with Crippen molar-refractivity contribution in [3.8, 4) is 0 Å². The minimum absolute atomic E-state index is 0.0293. The SMILES string of the molecule is Cc1ccc2c(ccn2CCCNC(=O)[C@H](CC(N)=O)NC(=O)C2(NC(=O)[C@H](Cc3ccc(CP(=O)(OC(C)(C)C)OC(C)(C)C)cc3)NC(=O)C(=O)OC(C)(C)C)CCCCC2)c1. The Morgan fingerprint density at radius 3 is 1.97 bits per heavy atom. The molecule has 2 aromatic carbocycles. The molecule has 1 fully saturated rings. The number of aromatic nitrogens is 1. The molecule has 0 radical (unpaired) electrons. The van der Waals surface area contributed by atoms with Crippen LogP contribution in [0.3, 0.4) is 0 Å². The number of carbonyl (C=O) groups is 6. The van der Waals surface area contributed by atoms with Gasteiger partial charge in [-0.25, -0.2) is 4.79 Å². The zero-order valence-corrected chi connectivity index (χ0v) is 40.1. The van der Waals surface area contributed by atoms with Gasteiger partial charge in [-0.1, -0.05) is 55.2 Å². The third-order valence-electron chi connectivity index (χ3n) is 10.2. The highest BCUT2D eigenvalue weighted by molar-refractivity contribution is 7.53. The molecule has 1 saturated carbocycles. The van der Waals surface area contributed by atoms with Gasteiger partial charge in [-0.05, 0) is 123 Å². The molecule has 3 aromatic rings. The first-order valence-electron chi connectivity index (χ1n) is 22.0. The highest BCUT2D eigenvalue weighted by Gasteiger charge is 2.44. The van der Waals surface area contributed by atoms with E-state index in [-0.39, 0.29) is 32.0 Å². The fourth-order valence-corrected chi connectivity index (χ4v) is 10.1. The Hall–Kier alpha value is -5.05. The molecule has 5 amide bonds. The number of nitrogens with one attached hydrogen (secondary N) is 4. The number of amides is 5. The number of primary amides is 1. The molecule has 1 aliphatic rings. The Balaban J connectivity index is 1.53. The normalized spacial score (nSPS) is 15.4. The second-order valence-corrected chi connectivity index (χ2v) is 21.7. The second-order valence-electron chi connectivity index (χ2n) is 19.8. The molecule has 4 rings (SSSR count). The Kier molecular flexibility index (Phi) is 17.2. The van der Waals surface area contributed by atoms with Gasteiger partial charge in [0.05, 0.1) is 23.8 Å². The van der Waals surface area contributed by atoms with Crippen LogP contribution in [0.2, 0.25) is 0 Å². The van der Waals surface area contributed by atoms with Gasteiger partial charge in [-0.2, -0.15) is 0 Å². The van der Waals surface area contributed by atoms with Gasteiger partial charge in [0.25, 0.3) is 0 Å². The number of hydrogen-bond donors (Lipinski definition) is 5. The fourth-order valence-electron chi connectivity index (χ4n) is 7.60. The summed E-state index contributed by atoms with van der Waals surface area (Å²) in [4.78, 5) is 80.5. The maximum Gasteiger partial charge on any atom is 0.397 e. The molecular weight excluding hydrogens is 840 g/mol. The van der Waals surface area contributed by atoms with Crippen molar-refractivity contribution in [3.05, 3.63) is 71.4 Å². The van der Waals surface area contributed by atoms with Crippen molar-refractivity contribution in [2.75, 3.05) is 6.54 Å². The van der Waals surface area contributed by atoms with Crippen LogP contribution in [-0.4, -0.2) is 81.0 Å². The van der Waals surface area contributed by atoms with Crippen molar-refractivity contribution < 1.29 is 47.1 Å². The summed E-state index contributed by atoms with van der Waals surface area (Å²) in [5.41, 5.74) is 4.93. The quantitative estimate of drug-likeness (QED) is 0.0431. The lowest BCUT2D eigenvalue weighted by Crippen LogP contribution is -2.65. The molecule has 16 nitrogen and oxygen atoms in total. The molecule has 0 spiro atoms. The molecule has 0 aliphatic heterocycles. The van der Waals surface area contributed by atoms with Crippen LogP contribution in [0.4, 0.5) is 0 Å². The molecule has 1 aliphatic carbocycles. The van der Waals surface area contributed by atoms with Crippen LogP contribution < -0.4 is 27.0 Å². The summed E-state index contributed by atoms with van der Waals surface area (Å²) >= 11 is 0. The number of carbonyl (C=O) groups excluding carboxylic acids is 6. The summed E-state index contributed by atoms with van der Waals surface area (Å²) in [5, 5.41) is 12.0. The van der Waals surface area contributed by atoms with Gasteiger partial charge >= 0.3 is 19.5 Å². The van der Waals surface area contributed by atoms with Crippen LogP contribution >= 0.6 is 7.60 Å². The number of fused-ring (bicyclic) bond motifs is 1. The van der Waals surface area contributed by atoms with E-state index in [1.807, 2.05) is 31.3 Å². The number of nitrogens with zero attached hydrogens (tertiary/aromatic N) is 1. The third kappa shape index (κ3) is 16.2. The van der Waals surface area contributed by atoms with Gasteiger partial charge in [-0.3, -0.25) is 28.5 Å². The Bertz CT molecular complexity index is 2170. The number of hydrogen-bond acceptors (Lipinski definition) is 10. The number of aryl methyl sites for hydroxylation is 2. The predicted octanol–water partition coefficient (Wildman–Crippen LogP) is 6.03. The van der Waals surface area contributed by atoms with Gasteiger partial charge in [0, 0.05) is 31.2 Å². The largest absolute Gasteiger partial charge is 0.453 e.